The van der Waals surface area contributed by atoms with E-state index in [4.69, 9.17) is 0 Å². The summed E-state index contributed by atoms with van der Waals surface area (Å²) in [5.41, 5.74) is 0.923. The van der Waals surface area contributed by atoms with Crippen molar-refractivity contribution in [3.05, 3.63) is 34.4 Å². The molecule has 1 saturated heterocycles. The van der Waals surface area contributed by atoms with Crippen molar-refractivity contribution in [3.8, 4) is 0 Å². The van der Waals surface area contributed by atoms with E-state index in [1.807, 2.05) is 4.90 Å². The van der Waals surface area contributed by atoms with Gasteiger partial charge >= 0.3 is 0 Å². The second-order valence-corrected chi connectivity index (χ2v) is 5.28. The number of piperidine rings is 1. The summed E-state index contributed by atoms with van der Waals surface area (Å²) in [6, 6.07) is 6.32. The Kier molecular flexibility index (Phi) is 5.54. The maximum absolute atomic E-state index is 12.0. The van der Waals surface area contributed by atoms with Crippen molar-refractivity contribution in [1.29, 1.82) is 0 Å². The van der Waals surface area contributed by atoms with E-state index in [0.29, 0.717) is 13.0 Å². The minimum atomic E-state index is -0.416. The Hall–Kier alpha value is -2.11. The SMILES string of the molecule is O=C(CCCNc1ccc([N+](=O)[O-])cc1)N1CCCCC1. The van der Waals surface area contributed by atoms with Crippen molar-refractivity contribution in [2.24, 2.45) is 0 Å². The van der Waals surface area contributed by atoms with Crippen LogP contribution in [0.1, 0.15) is 32.1 Å². The number of nitro groups is 1. The highest BCUT2D eigenvalue weighted by Gasteiger charge is 2.15. The molecule has 0 atom stereocenters. The number of anilines is 1. The normalized spacial score (nSPS) is 14.8. The lowest BCUT2D eigenvalue weighted by molar-refractivity contribution is -0.384. The van der Waals surface area contributed by atoms with Gasteiger partial charge in [0.2, 0.25) is 5.91 Å². The molecule has 6 nitrogen and oxygen atoms in total. The van der Waals surface area contributed by atoms with Gasteiger partial charge in [-0.2, -0.15) is 0 Å². The van der Waals surface area contributed by atoms with Gasteiger partial charge in [0.15, 0.2) is 0 Å². The van der Waals surface area contributed by atoms with Crippen molar-refractivity contribution in [1.82, 2.24) is 4.90 Å². The standard InChI is InChI=1S/C15H21N3O3/c19-15(17-11-2-1-3-12-17)5-4-10-16-13-6-8-14(9-7-13)18(20)21/h6-9,16H,1-5,10-12H2. The van der Waals surface area contributed by atoms with Crippen LogP contribution in [0.15, 0.2) is 24.3 Å². The molecule has 0 spiro atoms. The third kappa shape index (κ3) is 4.73. The summed E-state index contributed by atoms with van der Waals surface area (Å²) < 4.78 is 0. The number of nitrogens with zero attached hydrogens (tertiary/aromatic N) is 2. The van der Waals surface area contributed by atoms with Crippen molar-refractivity contribution >= 4 is 17.3 Å². The first-order valence-electron chi connectivity index (χ1n) is 7.43. The quantitative estimate of drug-likeness (QED) is 0.497. The van der Waals surface area contributed by atoms with Crippen molar-refractivity contribution < 1.29 is 9.72 Å². The Morgan fingerprint density at radius 3 is 2.48 bits per heavy atom. The average molecular weight is 291 g/mol. The topological polar surface area (TPSA) is 75.5 Å². The van der Waals surface area contributed by atoms with E-state index in [2.05, 4.69) is 5.32 Å². The van der Waals surface area contributed by atoms with Crippen LogP contribution in [0, 0.1) is 10.1 Å². The smallest absolute Gasteiger partial charge is 0.269 e. The number of benzene rings is 1. The molecule has 0 aliphatic carbocycles. The molecule has 1 heterocycles. The fraction of sp³-hybridized carbons (Fsp3) is 0.533. The molecule has 2 rings (SSSR count). The van der Waals surface area contributed by atoms with Crippen LogP contribution in [0.25, 0.3) is 0 Å². The molecule has 0 unspecified atom stereocenters. The lowest BCUT2D eigenvalue weighted by atomic mass is 10.1. The van der Waals surface area contributed by atoms with Crippen LogP contribution in [0.5, 0.6) is 0 Å². The van der Waals surface area contributed by atoms with Gasteiger partial charge in [0, 0.05) is 43.9 Å². The van der Waals surface area contributed by atoms with E-state index >= 15 is 0 Å². The highest BCUT2D eigenvalue weighted by Crippen LogP contribution is 2.15. The summed E-state index contributed by atoms with van der Waals surface area (Å²) in [5.74, 6) is 0.236. The van der Waals surface area contributed by atoms with E-state index in [-0.39, 0.29) is 11.6 Å². The van der Waals surface area contributed by atoms with Crippen LogP contribution in [-0.4, -0.2) is 35.4 Å². The Balaban J connectivity index is 1.67. The van der Waals surface area contributed by atoms with Crippen LogP contribution in [0.4, 0.5) is 11.4 Å². The molecular formula is C15H21N3O3. The van der Waals surface area contributed by atoms with Gasteiger partial charge in [0.1, 0.15) is 0 Å². The molecular weight excluding hydrogens is 270 g/mol. The first kappa shape index (κ1) is 15.3. The lowest BCUT2D eigenvalue weighted by Gasteiger charge is -2.26. The number of hydrogen-bond acceptors (Lipinski definition) is 4. The summed E-state index contributed by atoms with van der Waals surface area (Å²) in [4.78, 5) is 24.0. The lowest BCUT2D eigenvalue weighted by Crippen LogP contribution is -2.35. The zero-order valence-corrected chi connectivity index (χ0v) is 12.1. The first-order valence-corrected chi connectivity index (χ1v) is 7.43. The fourth-order valence-corrected chi connectivity index (χ4v) is 2.47. The maximum Gasteiger partial charge on any atom is 0.269 e. The van der Waals surface area contributed by atoms with Gasteiger partial charge in [-0.3, -0.25) is 14.9 Å². The average Bonchev–Trinajstić information content (AvgIpc) is 2.52. The molecule has 1 N–H and O–H groups in total. The number of hydrogen-bond donors (Lipinski definition) is 1. The minimum absolute atomic E-state index is 0.0841. The number of non-ortho nitro benzene ring substituents is 1. The number of carbonyl (C=O) groups is 1. The predicted octanol–water partition coefficient (Wildman–Crippen LogP) is 2.80. The van der Waals surface area contributed by atoms with Crippen LogP contribution in [-0.2, 0) is 4.79 Å². The van der Waals surface area contributed by atoms with Crippen molar-refractivity contribution in [2.45, 2.75) is 32.1 Å². The van der Waals surface area contributed by atoms with Crippen LogP contribution < -0.4 is 5.32 Å². The molecule has 1 aliphatic heterocycles. The minimum Gasteiger partial charge on any atom is -0.385 e. The van der Waals surface area contributed by atoms with Gasteiger partial charge in [-0.1, -0.05) is 0 Å². The molecule has 1 aromatic carbocycles. The molecule has 0 radical (unpaired) electrons. The second-order valence-electron chi connectivity index (χ2n) is 5.28. The number of rotatable bonds is 6. The molecule has 1 aliphatic rings. The molecule has 1 aromatic rings. The largest absolute Gasteiger partial charge is 0.385 e. The molecule has 1 fully saturated rings. The first-order chi connectivity index (χ1) is 10.2. The Bertz CT molecular complexity index is 481. The highest BCUT2D eigenvalue weighted by atomic mass is 16.6. The highest BCUT2D eigenvalue weighted by molar-refractivity contribution is 5.76. The fourth-order valence-electron chi connectivity index (χ4n) is 2.47. The molecule has 114 valence electrons. The maximum atomic E-state index is 12.0. The second kappa shape index (κ2) is 7.61. The summed E-state index contributed by atoms with van der Waals surface area (Å²) >= 11 is 0. The third-order valence-electron chi connectivity index (χ3n) is 3.68. The predicted molar refractivity (Wildman–Crippen MR) is 81.3 cm³/mol. The van der Waals surface area contributed by atoms with Gasteiger partial charge in [0.05, 0.1) is 4.92 Å². The van der Waals surface area contributed by atoms with E-state index in [1.54, 1.807) is 12.1 Å². The molecule has 0 saturated carbocycles. The van der Waals surface area contributed by atoms with E-state index < -0.39 is 4.92 Å². The Morgan fingerprint density at radius 1 is 1.19 bits per heavy atom. The van der Waals surface area contributed by atoms with Gasteiger partial charge in [-0.25, -0.2) is 0 Å². The van der Waals surface area contributed by atoms with Crippen molar-refractivity contribution in [2.75, 3.05) is 25.0 Å². The number of nitro benzene ring substituents is 1. The van der Waals surface area contributed by atoms with Gasteiger partial charge in [-0.05, 0) is 37.8 Å². The number of amides is 1. The van der Waals surface area contributed by atoms with E-state index in [1.165, 1.54) is 18.6 Å². The van der Waals surface area contributed by atoms with Crippen LogP contribution in [0.3, 0.4) is 0 Å². The van der Waals surface area contributed by atoms with E-state index in [0.717, 1.165) is 38.0 Å². The summed E-state index contributed by atoms with van der Waals surface area (Å²) in [7, 11) is 0. The van der Waals surface area contributed by atoms with Crippen LogP contribution in [0.2, 0.25) is 0 Å². The number of carbonyl (C=O) groups excluding carboxylic acids is 1. The molecule has 1 amide bonds. The monoisotopic (exact) mass is 291 g/mol. The molecule has 21 heavy (non-hydrogen) atoms. The summed E-state index contributed by atoms with van der Waals surface area (Å²) in [6.45, 7) is 2.49. The van der Waals surface area contributed by atoms with Gasteiger partial charge in [-0.15, -0.1) is 0 Å². The third-order valence-corrected chi connectivity index (χ3v) is 3.68. The van der Waals surface area contributed by atoms with Gasteiger partial charge in [0.25, 0.3) is 5.69 Å². The molecule has 0 aromatic heterocycles. The number of nitrogens with one attached hydrogen (secondary N) is 1. The Morgan fingerprint density at radius 2 is 1.86 bits per heavy atom. The summed E-state index contributed by atoms with van der Waals surface area (Å²) in [6.07, 6.45) is 4.79. The van der Waals surface area contributed by atoms with Crippen LogP contribution >= 0.6 is 0 Å². The summed E-state index contributed by atoms with van der Waals surface area (Å²) in [5, 5.41) is 13.7. The zero-order chi connectivity index (χ0) is 15.1. The van der Waals surface area contributed by atoms with E-state index in [9.17, 15) is 14.9 Å². The Labute approximate surface area is 124 Å². The molecule has 6 heteroatoms. The van der Waals surface area contributed by atoms with Gasteiger partial charge < -0.3 is 10.2 Å². The number of likely N-dealkylation sites (tertiary alicyclic amines) is 1. The van der Waals surface area contributed by atoms with Crippen molar-refractivity contribution in [3.63, 3.8) is 0 Å². The molecule has 0 bridgehead atoms. The zero-order valence-electron chi connectivity index (χ0n) is 12.1.